The smallest absolute Gasteiger partial charge is 0.310 e. The first-order chi connectivity index (χ1) is 8.20. The van der Waals surface area contributed by atoms with Crippen molar-refractivity contribution in [1.82, 2.24) is 5.32 Å². The van der Waals surface area contributed by atoms with Gasteiger partial charge < -0.3 is 5.32 Å². The van der Waals surface area contributed by atoms with Crippen molar-refractivity contribution >= 4 is 23.2 Å². The standard InChI is InChI=1S/C11H11Cl2F4N/c1-6(18-3-2-11(15,16)17)7-4-10(14)9(13)5-8(7)12/h4-6,18H,2-3H2,1H3. The van der Waals surface area contributed by atoms with Crippen LogP contribution in [0, 0.1) is 5.82 Å². The van der Waals surface area contributed by atoms with E-state index in [9.17, 15) is 17.6 Å². The lowest BCUT2D eigenvalue weighted by atomic mass is 10.1. The maximum atomic E-state index is 13.2. The third-order valence-electron chi connectivity index (χ3n) is 2.37. The maximum Gasteiger partial charge on any atom is 0.390 e. The molecule has 1 rings (SSSR count). The zero-order valence-corrected chi connectivity index (χ0v) is 10.9. The van der Waals surface area contributed by atoms with E-state index in [0.717, 1.165) is 6.07 Å². The molecule has 1 aromatic rings. The quantitative estimate of drug-likeness (QED) is 0.626. The number of benzene rings is 1. The highest BCUT2D eigenvalue weighted by Crippen LogP contribution is 2.28. The highest BCUT2D eigenvalue weighted by atomic mass is 35.5. The van der Waals surface area contributed by atoms with Gasteiger partial charge in [-0.2, -0.15) is 13.2 Å². The number of hydrogen-bond donors (Lipinski definition) is 1. The molecule has 0 heterocycles. The van der Waals surface area contributed by atoms with E-state index in [1.807, 2.05) is 0 Å². The molecule has 0 aliphatic carbocycles. The molecule has 1 nitrogen and oxygen atoms in total. The van der Waals surface area contributed by atoms with Crippen LogP contribution in [-0.2, 0) is 0 Å². The molecule has 7 heteroatoms. The van der Waals surface area contributed by atoms with Crippen LogP contribution in [0.3, 0.4) is 0 Å². The van der Waals surface area contributed by atoms with Gasteiger partial charge in [0.05, 0.1) is 11.4 Å². The minimum absolute atomic E-state index is 0.119. The second kappa shape index (κ2) is 6.08. The highest BCUT2D eigenvalue weighted by molar-refractivity contribution is 6.35. The molecule has 0 saturated heterocycles. The summed E-state index contributed by atoms with van der Waals surface area (Å²) in [6.07, 6.45) is -5.17. The van der Waals surface area contributed by atoms with Crippen molar-refractivity contribution in [3.05, 3.63) is 33.6 Å². The number of halogens is 6. The number of alkyl halides is 3. The molecular weight excluding hydrogens is 293 g/mol. The average molecular weight is 304 g/mol. The van der Waals surface area contributed by atoms with Gasteiger partial charge in [-0.1, -0.05) is 23.2 Å². The van der Waals surface area contributed by atoms with Gasteiger partial charge >= 0.3 is 6.18 Å². The number of nitrogens with one attached hydrogen (secondary N) is 1. The number of rotatable bonds is 4. The van der Waals surface area contributed by atoms with Crippen LogP contribution in [0.15, 0.2) is 12.1 Å². The first-order valence-electron chi connectivity index (χ1n) is 5.15. The Morgan fingerprint density at radius 3 is 2.39 bits per heavy atom. The summed E-state index contributed by atoms with van der Waals surface area (Å²) in [6, 6.07) is 1.86. The zero-order valence-electron chi connectivity index (χ0n) is 9.41. The Balaban J connectivity index is 2.67. The van der Waals surface area contributed by atoms with Crippen LogP contribution in [0.2, 0.25) is 10.0 Å². The van der Waals surface area contributed by atoms with Gasteiger partial charge in [-0.15, -0.1) is 0 Å². The summed E-state index contributed by atoms with van der Waals surface area (Å²) in [7, 11) is 0. The minimum atomic E-state index is -4.22. The molecule has 0 saturated carbocycles. The van der Waals surface area contributed by atoms with Crippen molar-refractivity contribution in [3.63, 3.8) is 0 Å². The molecule has 1 atom stereocenters. The topological polar surface area (TPSA) is 12.0 Å². The predicted octanol–water partition coefficient (Wildman–Crippen LogP) is 4.74. The molecule has 102 valence electrons. The maximum absolute atomic E-state index is 13.2. The average Bonchev–Trinajstić information content (AvgIpc) is 2.21. The van der Waals surface area contributed by atoms with Crippen LogP contribution >= 0.6 is 23.2 Å². The van der Waals surface area contributed by atoms with Gasteiger partial charge in [0.2, 0.25) is 0 Å². The van der Waals surface area contributed by atoms with Gasteiger partial charge in [-0.25, -0.2) is 4.39 Å². The van der Waals surface area contributed by atoms with E-state index in [2.05, 4.69) is 5.32 Å². The lowest BCUT2D eigenvalue weighted by molar-refractivity contribution is -0.133. The lowest BCUT2D eigenvalue weighted by Gasteiger charge is -2.17. The van der Waals surface area contributed by atoms with Crippen LogP contribution in [-0.4, -0.2) is 12.7 Å². The fourth-order valence-corrected chi connectivity index (χ4v) is 1.96. The summed E-state index contributed by atoms with van der Waals surface area (Å²) >= 11 is 11.4. The molecule has 18 heavy (non-hydrogen) atoms. The van der Waals surface area contributed by atoms with Gasteiger partial charge in [-0.3, -0.25) is 0 Å². The van der Waals surface area contributed by atoms with Crippen molar-refractivity contribution in [2.75, 3.05) is 6.54 Å². The molecule has 0 radical (unpaired) electrons. The van der Waals surface area contributed by atoms with E-state index in [1.165, 1.54) is 6.07 Å². The van der Waals surface area contributed by atoms with Crippen molar-refractivity contribution in [1.29, 1.82) is 0 Å². The predicted molar refractivity (Wildman–Crippen MR) is 63.5 cm³/mol. The molecule has 0 spiro atoms. The van der Waals surface area contributed by atoms with E-state index < -0.39 is 24.5 Å². The second-order valence-corrected chi connectivity index (χ2v) is 4.64. The van der Waals surface area contributed by atoms with Crippen molar-refractivity contribution in [2.24, 2.45) is 0 Å². The molecule has 0 fully saturated rings. The third-order valence-corrected chi connectivity index (χ3v) is 2.98. The van der Waals surface area contributed by atoms with E-state index in [-0.39, 0.29) is 16.6 Å². The van der Waals surface area contributed by atoms with Crippen molar-refractivity contribution in [3.8, 4) is 0 Å². The normalized spacial score (nSPS) is 13.7. The van der Waals surface area contributed by atoms with Gasteiger partial charge in [-0.05, 0) is 24.6 Å². The monoisotopic (exact) mass is 303 g/mol. The largest absolute Gasteiger partial charge is 0.390 e. The Morgan fingerprint density at radius 1 is 1.22 bits per heavy atom. The molecule has 0 aliphatic rings. The lowest BCUT2D eigenvalue weighted by Crippen LogP contribution is -2.24. The Hall–Kier alpha value is -0.520. The summed E-state index contributed by atoms with van der Waals surface area (Å²) in [4.78, 5) is 0. The highest BCUT2D eigenvalue weighted by Gasteiger charge is 2.26. The summed E-state index contributed by atoms with van der Waals surface area (Å²) in [5.41, 5.74) is 0.376. The Labute approximate surface area is 112 Å². The first-order valence-corrected chi connectivity index (χ1v) is 5.91. The van der Waals surface area contributed by atoms with Crippen LogP contribution in [0.1, 0.15) is 24.9 Å². The summed E-state index contributed by atoms with van der Waals surface area (Å²) in [6.45, 7) is 1.34. The molecule has 1 aromatic carbocycles. The SMILES string of the molecule is CC(NCCC(F)(F)F)c1cc(F)c(Cl)cc1Cl. The van der Waals surface area contributed by atoms with Crippen molar-refractivity contribution < 1.29 is 17.6 Å². The Morgan fingerprint density at radius 2 is 1.83 bits per heavy atom. The molecule has 0 aromatic heterocycles. The van der Waals surface area contributed by atoms with Crippen LogP contribution in [0.5, 0.6) is 0 Å². The second-order valence-electron chi connectivity index (χ2n) is 3.83. The summed E-state index contributed by atoms with van der Waals surface area (Å²) < 4.78 is 49.1. The fourth-order valence-electron chi connectivity index (χ4n) is 1.41. The summed E-state index contributed by atoms with van der Waals surface area (Å²) in [5, 5.41) is 2.73. The van der Waals surface area contributed by atoms with Crippen LogP contribution in [0.25, 0.3) is 0 Å². The van der Waals surface area contributed by atoms with Crippen LogP contribution in [0.4, 0.5) is 17.6 Å². The Kier molecular flexibility index (Phi) is 5.25. The first kappa shape index (κ1) is 15.5. The molecule has 1 unspecified atom stereocenters. The molecule has 0 amide bonds. The van der Waals surface area contributed by atoms with Gasteiger partial charge in [0.15, 0.2) is 0 Å². The van der Waals surface area contributed by atoms with Gasteiger partial charge in [0, 0.05) is 17.6 Å². The third kappa shape index (κ3) is 4.63. The molecule has 1 N–H and O–H groups in total. The van der Waals surface area contributed by atoms with E-state index in [1.54, 1.807) is 6.92 Å². The van der Waals surface area contributed by atoms with E-state index in [0.29, 0.717) is 5.56 Å². The Bertz CT molecular complexity index is 420. The van der Waals surface area contributed by atoms with Gasteiger partial charge in [0.25, 0.3) is 0 Å². The molecular formula is C11H11Cl2F4N. The fraction of sp³-hybridized carbons (Fsp3) is 0.455. The van der Waals surface area contributed by atoms with E-state index >= 15 is 0 Å². The zero-order chi connectivity index (χ0) is 13.9. The number of hydrogen-bond acceptors (Lipinski definition) is 1. The summed E-state index contributed by atoms with van der Waals surface area (Å²) in [5.74, 6) is -0.652. The van der Waals surface area contributed by atoms with Crippen molar-refractivity contribution in [2.45, 2.75) is 25.6 Å². The molecule has 0 aliphatic heterocycles. The minimum Gasteiger partial charge on any atom is -0.310 e. The molecule has 0 bridgehead atoms. The van der Waals surface area contributed by atoms with E-state index in [4.69, 9.17) is 23.2 Å². The van der Waals surface area contributed by atoms with Gasteiger partial charge in [0.1, 0.15) is 5.82 Å². The van der Waals surface area contributed by atoms with Crippen LogP contribution < -0.4 is 5.32 Å².